The van der Waals surface area contributed by atoms with Crippen LogP contribution in [0.15, 0.2) is 23.1 Å². The van der Waals surface area contributed by atoms with Crippen molar-refractivity contribution in [2.45, 2.75) is 24.8 Å². The van der Waals surface area contributed by atoms with Crippen molar-refractivity contribution in [2.24, 2.45) is 0 Å². The Hall–Kier alpha value is -0.550. The van der Waals surface area contributed by atoms with Crippen molar-refractivity contribution < 1.29 is 9.84 Å². The van der Waals surface area contributed by atoms with Gasteiger partial charge in [-0.15, -0.1) is 11.8 Å². The van der Waals surface area contributed by atoms with Gasteiger partial charge in [0.05, 0.1) is 12.7 Å². The summed E-state index contributed by atoms with van der Waals surface area (Å²) in [7, 11) is 3.64. The molecule has 0 aliphatic rings. The van der Waals surface area contributed by atoms with Crippen molar-refractivity contribution in [1.82, 2.24) is 4.90 Å². The zero-order chi connectivity index (χ0) is 14.3. The van der Waals surface area contributed by atoms with Crippen molar-refractivity contribution in [2.75, 3.05) is 39.6 Å². The van der Waals surface area contributed by atoms with E-state index in [1.54, 1.807) is 7.11 Å². The number of nitrogens with zero attached hydrogens (tertiary/aromatic N) is 1. The molecule has 0 fully saturated rings. The van der Waals surface area contributed by atoms with Gasteiger partial charge < -0.3 is 14.7 Å². The Labute approximate surface area is 121 Å². The van der Waals surface area contributed by atoms with Gasteiger partial charge in [0.2, 0.25) is 0 Å². The van der Waals surface area contributed by atoms with Crippen molar-refractivity contribution >= 4 is 11.8 Å². The molecule has 1 atom stereocenters. The fraction of sp³-hybridized carbons (Fsp3) is 0.600. The van der Waals surface area contributed by atoms with Crippen molar-refractivity contribution in [3.8, 4) is 0 Å². The maximum atomic E-state index is 9.63. The van der Waals surface area contributed by atoms with Gasteiger partial charge in [0.25, 0.3) is 0 Å². The third-order valence-corrected chi connectivity index (χ3v) is 4.08. The summed E-state index contributed by atoms with van der Waals surface area (Å²) in [5, 5.41) is 9.63. The molecule has 1 unspecified atom stereocenters. The zero-order valence-electron chi connectivity index (χ0n) is 12.3. The first-order chi connectivity index (χ1) is 9.02. The van der Waals surface area contributed by atoms with Gasteiger partial charge in [-0.2, -0.15) is 0 Å². The topological polar surface area (TPSA) is 32.7 Å². The van der Waals surface area contributed by atoms with E-state index in [-0.39, 0.29) is 0 Å². The standard InChI is InChI=1S/C15H25NO2S/c1-12-5-6-15(9-13(12)2)19-8-7-16(3)10-14(17)11-18-4/h5-6,9,14,17H,7-8,10-11H2,1-4H3. The average Bonchev–Trinajstić information content (AvgIpc) is 2.34. The Morgan fingerprint density at radius 1 is 1.32 bits per heavy atom. The van der Waals surface area contributed by atoms with Crippen LogP contribution in [0, 0.1) is 13.8 Å². The van der Waals surface area contributed by atoms with E-state index in [0.29, 0.717) is 13.2 Å². The maximum Gasteiger partial charge on any atom is 0.0899 e. The molecule has 0 bridgehead atoms. The lowest BCUT2D eigenvalue weighted by molar-refractivity contribution is 0.0445. The maximum absolute atomic E-state index is 9.63. The molecule has 0 aliphatic heterocycles. The van der Waals surface area contributed by atoms with Crippen molar-refractivity contribution in [3.63, 3.8) is 0 Å². The summed E-state index contributed by atoms with van der Waals surface area (Å²) in [6, 6.07) is 6.58. The van der Waals surface area contributed by atoms with Crippen molar-refractivity contribution in [3.05, 3.63) is 29.3 Å². The number of aliphatic hydroxyl groups is 1. The molecule has 0 heterocycles. The van der Waals surface area contributed by atoms with Gasteiger partial charge in [0.1, 0.15) is 0 Å². The minimum absolute atomic E-state index is 0.397. The molecule has 0 aromatic heterocycles. The minimum Gasteiger partial charge on any atom is -0.389 e. The lowest BCUT2D eigenvalue weighted by Crippen LogP contribution is -2.33. The first-order valence-corrected chi connectivity index (χ1v) is 7.57. The molecule has 108 valence electrons. The third kappa shape index (κ3) is 6.43. The molecule has 19 heavy (non-hydrogen) atoms. The second-order valence-electron chi connectivity index (χ2n) is 4.97. The van der Waals surface area contributed by atoms with Crippen LogP contribution in [0.4, 0.5) is 0 Å². The van der Waals surface area contributed by atoms with Crippen LogP contribution in [-0.4, -0.2) is 55.7 Å². The highest BCUT2D eigenvalue weighted by Gasteiger charge is 2.07. The highest BCUT2D eigenvalue weighted by molar-refractivity contribution is 7.99. The molecular weight excluding hydrogens is 258 g/mol. The van der Waals surface area contributed by atoms with Gasteiger partial charge in [0, 0.05) is 30.8 Å². The number of likely N-dealkylation sites (N-methyl/N-ethyl adjacent to an activating group) is 1. The number of thioether (sulfide) groups is 1. The second kappa shape index (κ2) is 8.59. The molecule has 1 aromatic rings. The summed E-state index contributed by atoms with van der Waals surface area (Å²) in [5.74, 6) is 1.03. The SMILES string of the molecule is COCC(O)CN(C)CCSc1ccc(C)c(C)c1. The summed E-state index contributed by atoms with van der Waals surface area (Å²) in [5.41, 5.74) is 2.68. The van der Waals surface area contributed by atoms with Crippen LogP contribution in [0.1, 0.15) is 11.1 Å². The van der Waals surface area contributed by atoms with Gasteiger partial charge in [-0.3, -0.25) is 0 Å². The van der Waals surface area contributed by atoms with Crippen LogP contribution in [-0.2, 0) is 4.74 Å². The largest absolute Gasteiger partial charge is 0.389 e. The van der Waals surface area contributed by atoms with Gasteiger partial charge in [-0.05, 0) is 44.2 Å². The number of hydrogen-bond donors (Lipinski definition) is 1. The molecular formula is C15H25NO2S. The molecule has 0 saturated carbocycles. The summed E-state index contributed by atoms with van der Waals surface area (Å²) in [6.45, 7) is 6.29. The van der Waals surface area contributed by atoms with Gasteiger partial charge in [-0.25, -0.2) is 0 Å². The van der Waals surface area contributed by atoms with Crippen LogP contribution in [0.5, 0.6) is 0 Å². The number of aryl methyl sites for hydroxylation is 2. The average molecular weight is 283 g/mol. The molecule has 0 radical (unpaired) electrons. The highest BCUT2D eigenvalue weighted by Crippen LogP contribution is 2.20. The fourth-order valence-corrected chi connectivity index (χ4v) is 2.88. The van der Waals surface area contributed by atoms with Crippen LogP contribution < -0.4 is 0 Å². The lowest BCUT2D eigenvalue weighted by atomic mass is 10.1. The minimum atomic E-state index is -0.401. The number of rotatable bonds is 8. The zero-order valence-corrected chi connectivity index (χ0v) is 13.2. The molecule has 0 amide bonds. The highest BCUT2D eigenvalue weighted by atomic mass is 32.2. The van der Waals surface area contributed by atoms with Crippen LogP contribution in [0.3, 0.4) is 0 Å². The molecule has 0 aliphatic carbocycles. The van der Waals surface area contributed by atoms with E-state index in [1.807, 2.05) is 18.8 Å². The first kappa shape index (κ1) is 16.5. The number of benzene rings is 1. The fourth-order valence-electron chi connectivity index (χ4n) is 1.82. The summed E-state index contributed by atoms with van der Waals surface area (Å²) in [4.78, 5) is 3.45. The number of methoxy groups -OCH3 is 1. The normalized spacial score (nSPS) is 12.9. The predicted octanol–water partition coefficient (Wildman–Crippen LogP) is 2.33. The Kier molecular flexibility index (Phi) is 7.46. The van der Waals surface area contributed by atoms with E-state index in [2.05, 4.69) is 36.9 Å². The van der Waals surface area contributed by atoms with Crippen LogP contribution in [0.25, 0.3) is 0 Å². The van der Waals surface area contributed by atoms with E-state index in [0.717, 1.165) is 12.3 Å². The molecule has 0 saturated heterocycles. The molecule has 1 rings (SSSR count). The Morgan fingerprint density at radius 3 is 2.68 bits per heavy atom. The summed E-state index contributed by atoms with van der Waals surface area (Å²) < 4.78 is 4.92. The molecule has 1 N–H and O–H groups in total. The summed E-state index contributed by atoms with van der Waals surface area (Å²) >= 11 is 1.86. The summed E-state index contributed by atoms with van der Waals surface area (Å²) in [6.07, 6.45) is -0.401. The smallest absolute Gasteiger partial charge is 0.0899 e. The predicted molar refractivity (Wildman–Crippen MR) is 82.0 cm³/mol. The monoisotopic (exact) mass is 283 g/mol. The van der Waals surface area contributed by atoms with Gasteiger partial charge in [-0.1, -0.05) is 6.07 Å². The number of hydrogen-bond acceptors (Lipinski definition) is 4. The van der Waals surface area contributed by atoms with Crippen LogP contribution >= 0.6 is 11.8 Å². The Bertz CT molecular complexity index is 384. The van der Waals surface area contributed by atoms with Gasteiger partial charge >= 0.3 is 0 Å². The van der Waals surface area contributed by atoms with E-state index in [9.17, 15) is 5.11 Å². The van der Waals surface area contributed by atoms with Crippen LogP contribution in [0.2, 0.25) is 0 Å². The Balaban J connectivity index is 2.27. The molecule has 1 aromatic carbocycles. The number of aliphatic hydroxyl groups excluding tert-OH is 1. The van der Waals surface area contributed by atoms with E-state index in [4.69, 9.17) is 4.74 Å². The third-order valence-electron chi connectivity index (χ3n) is 3.10. The number of ether oxygens (including phenoxy) is 1. The second-order valence-corrected chi connectivity index (χ2v) is 6.13. The van der Waals surface area contributed by atoms with E-state index in [1.165, 1.54) is 16.0 Å². The lowest BCUT2D eigenvalue weighted by Gasteiger charge is -2.19. The van der Waals surface area contributed by atoms with Gasteiger partial charge in [0.15, 0.2) is 0 Å². The van der Waals surface area contributed by atoms with Crippen molar-refractivity contribution in [1.29, 1.82) is 0 Å². The molecule has 3 nitrogen and oxygen atoms in total. The molecule has 4 heteroatoms. The Morgan fingerprint density at radius 2 is 2.05 bits per heavy atom. The van der Waals surface area contributed by atoms with E-state index >= 15 is 0 Å². The quantitative estimate of drug-likeness (QED) is 0.742. The van der Waals surface area contributed by atoms with E-state index < -0.39 is 6.10 Å². The first-order valence-electron chi connectivity index (χ1n) is 6.58. The molecule has 0 spiro atoms.